The summed E-state index contributed by atoms with van der Waals surface area (Å²) in [4.78, 5) is 23.4. The SMILES string of the molecule is COc1cccc(C2=NN(C(=O)CCCC(=O)O)[C@@H](c3ccccc3)C2)c1. The minimum Gasteiger partial charge on any atom is -0.497 e. The topological polar surface area (TPSA) is 79.2 Å². The summed E-state index contributed by atoms with van der Waals surface area (Å²) in [5, 5.41) is 14.9. The fourth-order valence-corrected chi connectivity index (χ4v) is 3.16. The third-order valence-electron chi connectivity index (χ3n) is 4.53. The zero-order valence-corrected chi connectivity index (χ0v) is 15.2. The fourth-order valence-electron chi connectivity index (χ4n) is 3.16. The van der Waals surface area contributed by atoms with E-state index in [4.69, 9.17) is 9.84 Å². The zero-order valence-electron chi connectivity index (χ0n) is 15.2. The number of benzene rings is 2. The predicted octanol–water partition coefficient (Wildman–Crippen LogP) is 3.63. The number of rotatable bonds is 7. The maximum absolute atomic E-state index is 12.7. The van der Waals surface area contributed by atoms with Crippen LogP contribution in [-0.4, -0.2) is 34.8 Å². The molecule has 0 unspecified atom stereocenters. The number of carboxylic acids is 1. The van der Waals surface area contributed by atoms with Gasteiger partial charge in [0.2, 0.25) is 5.91 Å². The van der Waals surface area contributed by atoms with Gasteiger partial charge in [-0.15, -0.1) is 0 Å². The first-order valence-electron chi connectivity index (χ1n) is 8.89. The number of hydrazone groups is 1. The minimum atomic E-state index is -0.899. The second kappa shape index (κ2) is 8.49. The normalized spacial score (nSPS) is 16.1. The van der Waals surface area contributed by atoms with Crippen molar-refractivity contribution in [3.05, 3.63) is 65.7 Å². The molecule has 0 spiro atoms. The number of carboxylic acid groups (broad SMARTS) is 1. The van der Waals surface area contributed by atoms with E-state index in [1.54, 1.807) is 7.11 Å². The summed E-state index contributed by atoms with van der Waals surface area (Å²) in [5.41, 5.74) is 2.73. The van der Waals surface area contributed by atoms with E-state index in [0.29, 0.717) is 12.8 Å². The molecule has 6 nitrogen and oxygen atoms in total. The van der Waals surface area contributed by atoms with Crippen molar-refractivity contribution >= 4 is 17.6 Å². The van der Waals surface area contributed by atoms with Crippen LogP contribution in [-0.2, 0) is 9.59 Å². The fraction of sp³-hybridized carbons (Fsp3) is 0.286. The van der Waals surface area contributed by atoms with Gasteiger partial charge in [0.1, 0.15) is 5.75 Å². The monoisotopic (exact) mass is 366 g/mol. The van der Waals surface area contributed by atoms with Crippen molar-refractivity contribution in [2.45, 2.75) is 31.7 Å². The predicted molar refractivity (Wildman–Crippen MR) is 102 cm³/mol. The lowest BCUT2D eigenvalue weighted by atomic mass is 9.98. The number of nitrogens with zero attached hydrogens (tertiary/aromatic N) is 2. The molecule has 0 radical (unpaired) electrons. The minimum absolute atomic E-state index is 0.0258. The number of ether oxygens (including phenoxy) is 1. The summed E-state index contributed by atoms with van der Waals surface area (Å²) in [6.07, 6.45) is 1.03. The molecule has 1 N–H and O–H groups in total. The van der Waals surface area contributed by atoms with Crippen LogP contribution in [0.4, 0.5) is 0 Å². The summed E-state index contributed by atoms with van der Waals surface area (Å²) in [6, 6.07) is 17.2. The molecule has 1 heterocycles. The number of carbonyl (C=O) groups excluding carboxylic acids is 1. The van der Waals surface area contributed by atoms with Crippen LogP contribution in [0, 0.1) is 0 Å². The molecule has 6 heteroatoms. The molecule has 2 aromatic rings. The van der Waals surface area contributed by atoms with Crippen molar-refractivity contribution in [1.29, 1.82) is 0 Å². The Morgan fingerprint density at radius 3 is 2.63 bits per heavy atom. The highest BCUT2D eigenvalue weighted by Crippen LogP contribution is 2.33. The van der Waals surface area contributed by atoms with Gasteiger partial charge in [-0.2, -0.15) is 5.10 Å². The Kier molecular flexibility index (Phi) is 5.86. The molecule has 2 aromatic carbocycles. The Labute approximate surface area is 158 Å². The number of aliphatic carboxylic acids is 1. The summed E-state index contributed by atoms with van der Waals surface area (Å²) in [5.74, 6) is -0.329. The molecule has 27 heavy (non-hydrogen) atoms. The molecular weight excluding hydrogens is 344 g/mol. The van der Waals surface area contributed by atoms with Crippen molar-refractivity contribution in [1.82, 2.24) is 5.01 Å². The van der Waals surface area contributed by atoms with E-state index in [2.05, 4.69) is 5.10 Å². The van der Waals surface area contributed by atoms with Crippen LogP contribution < -0.4 is 4.74 Å². The van der Waals surface area contributed by atoms with Crippen LogP contribution in [0.15, 0.2) is 59.7 Å². The van der Waals surface area contributed by atoms with E-state index in [0.717, 1.165) is 22.6 Å². The molecule has 0 fully saturated rings. The molecule has 1 aliphatic rings. The lowest BCUT2D eigenvalue weighted by molar-refractivity contribution is -0.137. The Hall–Kier alpha value is -3.15. The second-order valence-electron chi connectivity index (χ2n) is 6.39. The van der Waals surface area contributed by atoms with Crippen LogP contribution in [0.25, 0.3) is 0 Å². The molecule has 3 rings (SSSR count). The van der Waals surface area contributed by atoms with Crippen molar-refractivity contribution in [3.8, 4) is 5.75 Å². The van der Waals surface area contributed by atoms with E-state index in [9.17, 15) is 9.59 Å². The molecule has 0 saturated heterocycles. The van der Waals surface area contributed by atoms with Gasteiger partial charge in [-0.1, -0.05) is 42.5 Å². The van der Waals surface area contributed by atoms with Gasteiger partial charge >= 0.3 is 5.97 Å². The number of carbonyl (C=O) groups is 2. The van der Waals surface area contributed by atoms with Gasteiger partial charge in [0, 0.05) is 24.8 Å². The molecule has 140 valence electrons. The molecule has 0 bridgehead atoms. The molecule has 0 aromatic heterocycles. The first-order valence-corrected chi connectivity index (χ1v) is 8.89. The van der Waals surface area contributed by atoms with E-state index in [1.165, 1.54) is 5.01 Å². The van der Waals surface area contributed by atoms with Crippen molar-refractivity contribution in [2.75, 3.05) is 7.11 Å². The van der Waals surface area contributed by atoms with Crippen LogP contribution in [0.5, 0.6) is 5.75 Å². The highest BCUT2D eigenvalue weighted by molar-refractivity contribution is 6.03. The average Bonchev–Trinajstić information content (AvgIpc) is 3.14. The molecule has 0 aliphatic carbocycles. The third kappa shape index (κ3) is 4.53. The zero-order chi connectivity index (χ0) is 19.2. The first kappa shape index (κ1) is 18.6. The number of hydrogen-bond donors (Lipinski definition) is 1. The number of methoxy groups -OCH3 is 1. The van der Waals surface area contributed by atoms with Gasteiger partial charge in [-0.3, -0.25) is 9.59 Å². The molecule has 0 saturated carbocycles. The third-order valence-corrected chi connectivity index (χ3v) is 4.53. The van der Waals surface area contributed by atoms with Gasteiger partial charge in [-0.05, 0) is 24.1 Å². The molecule has 1 amide bonds. The maximum Gasteiger partial charge on any atom is 0.303 e. The molecule has 1 atom stereocenters. The van der Waals surface area contributed by atoms with E-state index < -0.39 is 5.97 Å². The average molecular weight is 366 g/mol. The van der Waals surface area contributed by atoms with Crippen LogP contribution >= 0.6 is 0 Å². The second-order valence-corrected chi connectivity index (χ2v) is 6.39. The maximum atomic E-state index is 12.7. The Balaban J connectivity index is 1.85. The highest BCUT2D eigenvalue weighted by atomic mass is 16.5. The first-order chi connectivity index (χ1) is 13.1. The van der Waals surface area contributed by atoms with Crippen molar-refractivity contribution in [2.24, 2.45) is 5.10 Å². The van der Waals surface area contributed by atoms with Crippen molar-refractivity contribution in [3.63, 3.8) is 0 Å². The van der Waals surface area contributed by atoms with Crippen LogP contribution in [0.1, 0.15) is 42.9 Å². The van der Waals surface area contributed by atoms with Gasteiger partial charge in [0.05, 0.1) is 18.9 Å². The standard InChI is InChI=1S/C21H22N2O4/c1-27-17-10-5-9-16(13-17)18-14-19(15-7-3-2-4-8-15)23(22-18)20(24)11-6-12-21(25)26/h2-5,7-10,13,19H,6,11-12,14H2,1H3,(H,25,26)/t19-/m1/s1. The lowest BCUT2D eigenvalue weighted by Crippen LogP contribution is -2.26. The largest absolute Gasteiger partial charge is 0.497 e. The van der Waals surface area contributed by atoms with Gasteiger partial charge in [0.15, 0.2) is 0 Å². The Bertz CT molecular complexity index is 848. The van der Waals surface area contributed by atoms with Gasteiger partial charge < -0.3 is 9.84 Å². The highest BCUT2D eigenvalue weighted by Gasteiger charge is 2.32. The number of hydrogen-bond acceptors (Lipinski definition) is 4. The quantitative estimate of drug-likeness (QED) is 0.811. The molecular formula is C21H22N2O4. The van der Waals surface area contributed by atoms with Crippen molar-refractivity contribution < 1.29 is 19.4 Å². The summed E-state index contributed by atoms with van der Waals surface area (Å²) >= 11 is 0. The number of amides is 1. The van der Waals surface area contributed by atoms with E-state index in [-0.39, 0.29) is 24.8 Å². The van der Waals surface area contributed by atoms with E-state index in [1.807, 2.05) is 54.6 Å². The van der Waals surface area contributed by atoms with Gasteiger partial charge in [0.25, 0.3) is 0 Å². The van der Waals surface area contributed by atoms with Gasteiger partial charge in [-0.25, -0.2) is 5.01 Å². The molecule has 1 aliphatic heterocycles. The smallest absolute Gasteiger partial charge is 0.303 e. The Morgan fingerprint density at radius 1 is 1.15 bits per heavy atom. The lowest BCUT2D eigenvalue weighted by Gasteiger charge is -2.22. The van der Waals surface area contributed by atoms with Crippen LogP contribution in [0.2, 0.25) is 0 Å². The van der Waals surface area contributed by atoms with E-state index >= 15 is 0 Å². The Morgan fingerprint density at radius 2 is 1.93 bits per heavy atom. The summed E-state index contributed by atoms with van der Waals surface area (Å²) in [7, 11) is 1.61. The summed E-state index contributed by atoms with van der Waals surface area (Å²) in [6.45, 7) is 0. The van der Waals surface area contributed by atoms with Crippen LogP contribution in [0.3, 0.4) is 0 Å². The summed E-state index contributed by atoms with van der Waals surface area (Å²) < 4.78 is 5.28.